The molecule has 1 aromatic carbocycles. The lowest BCUT2D eigenvalue weighted by Crippen LogP contribution is -2.10. The van der Waals surface area contributed by atoms with Crippen molar-refractivity contribution >= 4 is 0 Å². The van der Waals surface area contributed by atoms with E-state index in [9.17, 15) is 0 Å². The van der Waals surface area contributed by atoms with Gasteiger partial charge in [0.1, 0.15) is 17.2 Å². The molecule has 3 aromatic heterocycles. The number of rotatable bonds is 3. The summed E-state index contributed by atoms with van der Waals surface area (Å²) in [5, 5.41) is 0. The fourth-order valence-electron chi connectivity index (χ4n) is 2.83. The Bertz CT molecular complexity index is 903. The smallest absolute Gasteiger partial charge is 0.154 e. The monoisotopic (exact) mass is 332 g/mol. The lowest BCUT2D eigenvalue weighted by Gasteiger charge is -2.18. The van der Waals surface area contributed by atoms with Crippen LogP contribution in [0.5, 0.6) is 0 Å². The fourth-order valence-corrected chi connectivity index (χ4v) is 2.83. The summed E-state index contributed by atoms with van der Waals surface area (Å²) < 4.78 is 11.1. The van der Waals surface area contributed by atoms with E-state index in [1.54, 1.807) is 12.5 Å². The molecule has 0 aliphatic carbocycles. The van der Waals surface area contributed by atoms with E-state index in [0.717, 1.165) is 28.5 Å². The number of furan rings is 2. The molecule has 0 spiro atoms. The molecule has 25 heavy (non-hydrogen) atoms. The van der Waals surface area contributed by atoms with E-state index < -0.39 is 0 Å². The summed E-state index contributed by atoms with van der Waals surface area (Å²) in [4.78, 5) is 8.14. The third kappa shape index (κ3) is 2.91. The van der Waals surface area contributed by atoms with Crippen molar-refractivity contribution in [3.63, 3.8) is 0 Å². The van der Waals surface area contributed by atoms with Crippen LogP contribution in [0.15, 0.2) is 69.9 Å². The van der Waals surface area contributed by atoms with Crippen LogP contribution < -0.4 is 0 Å². The maximum atomic E-state index is 5.56. The molecule has 4 rings (SSSR count). The maximum Gasteiger partial charge on any atom is 0.154 e. The zero-order chi connectivity index (χ0) is 17.4. The highest BCUT2D eigenvalue weighted by atomic mass is 16.3. The second kappa shape index (κ2) is 5.81. The SMILES string of the molecule is CC(C)(C)c1ccc(-c2nc(-c3ccco3)c(-c3ccco3)[nH]2)cc1. The van der Waals surface area contributed by atoms with Gasteiger partial charge in [-0.1, -0.05) is 45.0 Å². The Labute approximate surface area is 146 Å². The van der Waals surface area contributed by atoms with Gasteiger partial charge in [-0.05, 0) is 35.2 Å². The van der Waals surface area contributed by atoms with Gasteiger partial charge in [-0.25, -0.2) is 4.98 Å². The number of aromatic nitrogens is 2. The van der Waals surface area contributed by atoms with E-state index in [0.29, 0.717) is 5.76 Å². The van der Waals surface area contributed by atoms with Gasteiger partial charge in [0.2, 0.25) is 0 Å². The first-order valence-electron chi connectivity index (χ1n) is 8.31. The summed E-state index contributed by atoms with van der Waals surface area (Å²) in [5.41, 5.74) is 4.00. The lowest BCUT2D eigenvalue weighted by atomic mass is 9.87. The predicted molar refractivity (Wildman–Crippen MR) is 98.1 cm³/mol. The van der Waals surface area contributed by atoms with Crippen LogP contribution in [0.25, 0.3) is 34.3 Å². The van der Waals surface area contributed by atoms with Crippen LogP contribution >= 0.6 is 0 Å². The highest BCUT2D eigenvalue weighted by Gasteiger charge is 2.19. The van der Waals surface area contributed by atoms with Crippen LogP contribution in [-0.2, 0) is 5.41 Å². The lowest BCUT2D eigenvalue weighted by molar-refractivity contribution is 0.573. The molecule has 0 amide bonds. The van der Waals surface area contributed by atoms with Crippen molar-refractivity contribution in [2.45, 2.75) is 26.2 Å². The minimum absolute atomic E-state index is 0.125. The number of imidazole rings is 1. The molecule has 1 N–H and O–H groups in total. The molecule has 4 nitrogen and oxygen atoms in total. The third-order valence-corrected chi connectivity index (χ3v) is 4.25. The molecule has 3 heterocycles. The molecule has 0 saturated carbocycles. The van der Waals surface area contributed by atoms with E-state index >= 15 is 0 Å². The predicted octanol–water partition coefficient (Wildman–Crippen LogP) is 5.89. The summed E-state index contributed by atoms with van der Waals surface area (Å²) >= 11 is 0. The summed E-state index contributed by atoms with van der Waals surface area (Å²) in [6.07, 6.45) is 3.30. The fraction of sp³-hybridized carbons (Fsp3) is 0.190. The Kier molecular flexibility index (Phi) is 3.61. The highest BCUT2D eigenvalue weighted by molar-refractivity contribution is 5.76. The Morgan fingerprint density at radius 2 is 1.48 bits per heavy atom. The number of hydrogen-bond donors (Lipinski definition) is 1. The van der Waals surface area contributed by atoms with Crippen molar-refractivity contribution < 1.29 is 8.83 Å². The van der Waals surface area contributed by atoms with Crippen LogP contribution in [0, 0.1) is 0 Å². The molecule has 0 unspecified atom stereocenters. The van der Waals surface area contributed by atoms with Gasteiger partial charge in [-0.3, -0.25) is 0 Å². The topological polar surface area (TPSA) is 55.0 Å². The van der Waals surface area contributed by atoms with Crippen molar-refractivity contribution in [1.29, 1.82) is 0 Å². The number of benzene rings is 1. The van der Waals surface area contributed by atoms with Gasteiger partial charge in [0.25, 0.3) is 0 Å². The third-order valence-electron chi connectivity index (χ3n) is 4.25. The molecule has 0 bridgehead atoms. The molecule has 0 aliphatic heterocycles. The summed E-state index contributed by atoms with van der Waals surface area (Å²) in [6.45, 7) is 6.62. The molecule has 4 aromatic rings. The van der Waals surface area contributed by atoms with Crippen LogP contribution in [0.1, 0.15) is 26.3 Å². The Morgan fingerprint density at radius 1 is 0.840 bits per heavy atom. The maximum absolute atomic E-state index is 5.56. The minimum atomic E-state index is 0.125. The summed E-state index contributed by atoms with van der Waals surface area (Å²) in [6, 6.07) is 16.0. The van der Waals surface area contributed by atoms with Gasteiger partial charge in [0.05, 0.1) is 12.5 Å². The molecule has 0 fully saturated rings. The van der Waals surface area contributed by atoms with Crippen LogP contribution in [-0.4, -0.2) is 9.97 Å². The zero-order valence-electron chi connectivity index (χ0n) is 14.5. The van der Waals surface area contributed by atoms with Crippen LogP contribution in [0.3, 0.4) is 0 Å². The number of hydrogen-bond acceptors (Lipinski definition) is 3. The molecular weight excluding hydrogens is 312 g/mol. The second-order valence-corrected chi connectivity index (χ2v) is 7.09. The molecular formula is C21H20N2O2. The quantitative estimate of drug-likeness (QED) is 0.508. The Hall–Kier alpha value is -3.01. The highest BCUT2D eigenvalue weighted by Crippen LogP contribution is 2.34. The van der Waals surface area contributed by atoms with Gasteiger partial charge in [-0.2, -0.15) is 0 Å². The largest absolute Gasteiger partial charge is 0.463 e. The minimum Gasteiger partial charge on any atom is -0.463 e. The van der Waals surface area contributed by atoms with Crippen molar-refractivity contribution in [2.75, 3.05) is 0 Å². The molecule has 0 saturated heterocycles. The normalized spacial score (nSPS) is 11.8. The standard InChI is InChI=1S/C21H20N2O2/c1-21(2,3)15-10-8-14(9-11-15)20-22-18(16-6-4-12-24-16)19(23-20)17-7-5-13-25-17/h4-13H,1-3H3,(H,22,23). The molecule has 0 aliphatic rings. The average molecular weight is 332 g/mol. The molecule has 0 radical (unpaired) electrons. The van der Waals surface area contributed by atoms with Crippen molar-refractivity contribution in [3.8, 4) is 34.3 Å². The number of nitrogens with one attached hydrogen (secondary N) is 1. The van der Waals surface area contributed by atoms with E-state index in [2.05, 4.69) is 50.0 Å². The molecule has 0 atom stereocenters. The van der Waals surface area contributed by atoms with Crippen molar-refractivity contribution in [3.05, 3.63) is 66.6 Å². The van der Waals surface area contributed by atoms with Gasteiger partial charge in [0, 0.05) is 5.56 Å². The van der Waals surface area contributed by atoms with Gasteiger partial charge >= 0.3 is 0 Å². The van der Waals surface area contributed by atoms with Gasteiger partial charge in [-0.15, -0.1) is 0 Å². The zero-order valence-corrected chi connectivity index (χ0v) is 14.5. The second-order valence-electron chi connectivity index (χ2n) is 7.09. The molecule has 4 heteroatoms. The van der Waals surface area contributed by atoms with E-state index in [1.807, 2.05) is 24.3 Å². The molecule has 126 valence electrons. The van der Waals surface area contributed by atoms with Gasteiger partial charge in [0.15, 0.2) is 11.5 Å². The van der Waals surface area contributed by atoms with Crippen molar-refractivity contribution in [1.82, 2.24) is 9.97 Å². The average Bonchev–Trinajstić information content (AvgIpc) is 3.33. The Morgan fingerprint density at radius 3 is 2.04 bits per heavy atom. The van der Waals surface area contributed by atoms with Crippen LogP contribution in [0.4, 0.5) is 0 Å². The van der Waals surface area contributed by atoms with Crippen LogP contribution in [0.2, 0.25) is 0 Å². The first kappa shape index (κ1) is 15.5. The summed E-state index contributed by atoms with van der Waals surface area (Å²) in [5.74, 6) is 2.23. The number of aromatic amines is 1. The first-order valence-corrected chi connectivity index (χ1v) is 8.31. The summed E-state index contributed by atoms with van der Waals surface area (Å²) in [7, 11) is 0. The number of nitrogens with zero attached hydrogens (tertiary/aromatic N) is 1. The van der Waals surface area contributed by atoms with Crippen molar-refractivity contribution in [2.24, 2.45) is 0 Å². The Balaban J connectivity index is 1.80. The number of H-pyrrole nitrogens is 1. The van der Waals surface area contributed by atoms with E-state index in [-0.39, 0.29) is 5.41 Å². The van der Waals surface area contributed by atoms with Gasteiger partial charge < -0.3 is 13.8 Å². The first-order chi connectivity index (χ1) is 12.0. The van der Waals surface area contributed by atoms with E-state index in [1.165, 1.54) is 5.56 Å². The van der Waals surface area contributed by atoms with E-state index in [4.69, 9.17) is 13.8 Å².